The van der Waals surface area contributed by atoms with Crippen molar-refractivity contribution in [2.75, 3.05) is 26.6 Å². The number of halogens is 2. The summed E-state index contributed by atoms with van der Waals surface area (Å²) in [6.45, 7) is 1.67. The average Bonchev–Trinajstić information content (AvgIpc) is 3.11. The number of nitrogens with one attached hydrogen (secondary N) is 5. The summed E-state index contributed by atoms with van der Waals surface area (Å²) in [7, 11) is -14.4. The number of amides is 1. The molecule has 0 aliphatic heterocycles. The van der Waals surface area contributed by atoms with Crippen LogP contribution in [0.25, 0.3) is 0 Å². The summed E-state index contributed by atoms with van der Waals surface area (Å²) in [6, 6.07) is 17.7. The fraction of sp³-hybridized carbons (Fsp3) is 0.0312. The van der Waals surface area contributed by atoms with Crippen molar-refractivity contribution in [3.8, 4) is 0 Å². The molecular weight excluding hydrogens is 833 g/mol. The van der Waals surface area contributed by atoms with Gasteiger partial charge >= 0.3 is 12.2 Å². The molecule has 1 amide bonds. The second kappa shape index (κ2) is 16.0. The summed E-state index contributed by atoms with van der Waals surface area (Å²) < 4.78 is 127. The molecule has 0 aliphatic carbocycles. The molecule has 2 heterocycles. The summed E-state index contributed by atoms with van der Waals surface area (Å²) >= 11 is 0. The van der Waals surface area contributed by atoms with Gasteiger partial charge in [-0.25, -0.2) is 0 Å². The number of aromatic nitrogens is 6. The quantitative estimate of drug-likeness (QED) is 0.0735. The first-order valence-corrected chi connectivity index (χ1v) is 20.1. The maximum Gasteiger partial charge on any atom is 0.315 e. The molecule has 0 atom stereocenters. The van der Waals surface area contributed by atoms with E-state index in [9.17, 15) is 52.5 Å². The van der Waals surface area contributed by atoms with Gasteiger partial charge in [0.2, 0.25) is 23.8 Å². The van der Waals surface area contributed by atoms with E-state index in [2.05, 4.69) is 56.5 Å². The molecule has 0 saturated carbocycles. The minimum absolute atomic E-state index is 0.0991. The fourth-order valence-corrected chi connectivity index (χ4v) is 6.69. The number of carbonyl (C=O) groups excluding carboxylic acids is 1. The molecule has 300 valence electrons. The van der Waals surface area contributed by atoms with Gasteiger partial charge in [-0.15, -0.1) is 0 Å². The van der Waals surface area contributed by atoms with E-state index in [1.54, 1.807) is 6.92 Å². The molecule has 0 unspecified atom stereocenters. The van der Waals surface area contributed by atoms with E-state index in [0.29, 0.717) is 35.1 Å². The summed E-state index contributed by atoms with van der Waals surface area (Å²) in [6.07, 6.45) is -2.55. The maximum absolute atomic E-state index is 14.4. The Hall–Kier alpha value is -6.84. The van der Waals surface area contributed by atoms with Gasteiger partial charge < -0.3 is 26.6 Å². The Morgan fingerprint density at radius 1 is 0.517 bits per heavy atom. The number of anilines is 9. The van der Waals surface area contributed by atoms with E-state index >= 15 is 0 Å². The fourth-order valence-electron chi connectivity index (χ4n) is 4.93. The Labute approximate surface area is 326 Å². The second-order valence-electron chi connectivity index (χ2n) is 11.7. The summed E-state index contributed by atoms with van der Waals surface area (Å²) in [5, 5.41) is 13.0. The van der Waals surface area contributed by atoms with Crippen LogP contribution in [0.3, 0.4) is 0 Å². The van der Waals surface area contributed by atoms with Crippen LogP contribution in [-0.4, -0.2) is 74.7 Å². The van der Waals surface area contributed by atoms with Crippen LogP contribution in [0.1, 0.15) is 15.9 Å². The summed E-state index contributed by atoms with van der Waals surface area (Å²) in [4.78, 5) is 32.8. The van der Waals surface area contributed by atoms with E-state index in [4.69, 9.17) is 0 Å². The third kappa shape index (κ3) is 10.3. The minimum Gasteiger partial charge on any atom is -0.324 e. The largest absolute Gasteiger partial charge is 0.324 e. The zero-order valence-corrected chi connectivity index (χ0v) is 31.4. The number of rotatable bonds is 13. The van der Waals surface area contributed by atoms with Crippen molar-refractivity contribution in [1.82, 2.24) is 29.9 Å². The minimum atomic E-state index is -4.94. The molecular formula is C32H25F2N11O10S3. The van der Waals surface area contributed by atoms with Crippen LogP contribution >= 0.6 is 0 Å². The van der Waals surface area contributed by atoms with Crippen molar-refractivity contribution >= 4 is 88.5 Å². The molecule has 0 aliphatic rings. The highest BCUT2D eigenvalue weighted by Crippen LogP contribution is 2.29. The van der Waals surface area contributed by atoms with Gasteiger partial charge in [-0.05, 0) is 91.3 Å². The van der Waals surface area contributed by atoms with Gasteiger partial charge in [-0.1, -0.05) is 6.07 Å². The number of hydrogen-bond acceptors (Lipinski definition) is 17. The van der Waals surface area contributed by atoms with Gasteiger partial charge in [0.1, 0.15) is 9.79 Å². The van der Waals surface area contributed by atoms with Crippen molar-refractivity contribution in [1.29, 1.82) is 0 Å². The first-order valence-electron chi connectivity index (χ1n) is 15.8. The van der Waals surface area contributed by atoms with Gasteiger partial charge in [0.25, 0.3) is 36.3 Å². The predicted molar refractivity (Wildman–Crippen MR) is 201 cm³/mol. The summed E-state index contributed by atoms with van der Waals surface area (Å²) in [5.74, 6) is -2.20. The zero-order valence-electron chi connectivity index (χ0n) is 28.9. The lowest BCUT2D eigenvalue weighted by Gasteiger charge is -2.12. The van der Waals surface area contributed by atoms with Gasteiger partial charge in [-0.3, -0.25) is 18.5 Å². The highest BCUT2D eigenvalue weighted by atomic mass is 32.2. The number of carbonyl (C=O) groups is 1. The molecule has 6 aromatic rings. The molecule has 0 bridgehead atoms. The SMILES string of the molecule is Cc1ccc(S(=O)(=O)O)c(Nc2nc(F)nc(Nc3ccc(NC(=O)c4ccc(Nc5nc(F)nc(Nc6cc(S(=O)(=O)O)ccc6S(=O)(=O)O)n5)cc4)cc3)n2)c1. The van der Waals surface area contributed by atoms with Crippen LogP contribution in [0, 0.1) is 19.1 Å². The van der Waals surface area contributed by atoms with Crippen LogP contribution in [0.15, 0.2) is 99.6 Å². The molecule has 21 nitrogen and oxygen atoms in total. The van der Waals surface area contributed by atoms with Crippen molar-refractivity contribution in [3.63, 3.8) is 0 Å². The third-order valence-electron chi connectivity index (χ3n) is 7.45. The highest BCUT2D eigenvalue weighted by molar-refractivity contribution is 7.86. The maximum atomic E-state index is 14.4. The van der Waals surface area contributed by atoms with Crippen LogP contribution in [0.4, 0.5) is 61.0 Å². The molecule has 8 N–H and O–H groups in total. The van der Waals surface area contributed by atoms with Crippen molar-refractivity contribution in [2.24, 2.45) is 0 Å². The molecule has 26 heteroatoms. The highest BCUT2D eigenvalue weighted by Gasteiger charge is 2.22. The molecule has 0 radical (unpaired) electrons. The number of nitrogens with zero attached hydrogens (tertiary/aromatic N) is 6. The Morgan fingerprint density at radius 2 is 0.931 bits per heavy atom. The molecule has 2 aromatic heterocycles. The Morgan fingerprint density at radius 3 is 1.40 bits per heavy atom. The normalized spacial score (nSPS) is 11.8. The van der Waals surface area contributed by atoms with Gasteiger partial charge in [0.05, 0.1) is 16.3 Å². The van der Waals surface area contributed by atoms with E-state index in [0.717, 1.165) is 6.07 Å². The van der Waals surface area contributed by atoms with Crippen molar-refractivity contribution < 1.29 is 52.5 Å². The van der Waals surface area contributed by atoms with Crippen LogP contribution in [0.2, 0.25) is 0 Å². The smallest absolute Gasteiger partial charge is 0.315 e. The Bertz CT molecular complexity index is 2910. The Kier molecular flexibility index (Phi) is 11.2. The second-order valence-corrected chi connectivity index (χ2v) is 15.9. The third-order valence-corrected chi connectivity index (χ3v) is 10.1. The van der Waals surface area contributed by atoms with E-state index < -0.39 is 80.7 Å². The van der Waals surface area contributed by atoms with Crippen molar-refractivity contribution in [3.05, 3.63) is 108 Å². The number of hydrogen-bond donors (Lipinski definition) is 8. The topological polar surface area (TPSA) is 318 Å². The Balaban J connectivity index is 1.10. The van der Waals surface area contributed by atoms with Crippen LogP contribution < -0.4 is 26.6 Å². The molecule has 58 heavy (non-hydrogen) atoms. The lowest BCUT2D eigenvalue weighted by Crippen LogP contribution is -2.12. The van der Waals surface area contributed by atoms with Crippen LogP contribution in [0.5, 0.6) is 0 Å². The predicted octanol–water partition coefficient (Wildman–Crippen LogP) is 4.61. The van der Waals surface area contributed by atoms with E-state index in [1.807, 2.05) is 0 Å². The first kappa shape index (κ1) is 40.8. The molecule has 0 spiro atoms. The molecule has 6 rings (SSSR count). The van der Waals surface area contributed by atoms with E-state index in [-0.39, 0.29) is 28.8 Å². The monoisotopic (exact) mass is 857 g/mol. The average molecular weight is 858 g/mol. The molecule has 4 aromatic carbocycles. The lowest BCUT2D eigenvalue weighted by molar-refractivity contribution is 0.102. The standard InChI is InChI=1S/C32H25F2N11O10S3/c1-16-2-12-24(57(50,51)52)22(14-16)38-31-42-27(33)41-30(44-31)37-20-9-7-18(8-10-20)35-26(46)17-3-5-19(6-4-17)36-29-40-28(34)43-32(45-29)39-23-15-21(56(47,48)49)11-13-25(23)58(53,54)55/h2-15H,1H3,(H,35,46)(H,47,48,49)(H,50,51,52)(H,53,54,55)(H2,36,39,40,43,45)(H2,37,38,41,42,44). The van der Waals surface area contributed by atoms with Gasteiger partial charge in [0, 0.05) is 22.6 Å². The number of benzene rings is 4. The lowest BCUT2D eigenvalue weighted by atomic mass is 10.2. The molecule has 0 saturated heterocycles. The van der Waals surface area contributed by atoms with Crippen LogP contribution in [-0.2, 0) is 30.4 Å². The van der Waals surface area contributed by atoms with Crippen molar-refractivity contribution in [2.45, 2.75) is 21.6 Å². The molecule has 0 fully saturated rings. The first-order chi connectivity index (χ1) is 27.2. The zero-order chi connectivity index (χ0) is 42.0. The van der Waals surface area contributed by atoms with Gasteiger partial charge in [-0.2, -0.15) is 63.9 Å². The number of aryl methyl sites for hydroxylation is 1. The van der Waals surface area contributed by atoms with Gasteiger partial charge in [0.15, 0.2) is 0 Å². The van der Waals surface area contributed by atoms with E-state index in [1.165, 1.54) is 60.7 Å². The summed E-state index contributed by atoms with van der Waals surface area (Å²) in [5.41, 5.74) is 1.05.